The highest BCUT2D eigenvalue weighted by Crippen LogP contribution is 1.97. The first-order valence-corrected chi connectivity index (χ1v) is 4.40. The number of allylic oxidation sites excluding steroid dienone is 1. The Hall–Kier alpha value is -0.790. The van der Waals surface area contributed by atoms with E-state index in [9.17, 15) is 4.79 Å². The molecular formula is C10H23NO. The molecule has 0 bridgehead atoms. The molecule has 12 heavy (non-hydrogen) atoms. The predicted octanol–water partition coefficient (Wildman–Crippen LogP) is 2.75. The summed E-state index contributed by atoms with van der Waals surface area (Å²) in [6.45, 7) is 11.7. The molecule has 0 rings (SSSR count). The highest BCUT2D eigenvalue weighted by Gasteiger charge is 2.10. The average Bonchev–Trinajstić information content (AvgIpc) is 1.88. The summed E-state index contributed by atoms with van der Waals surface area (Å²) < 4.78 is 0. The first-order valence-electron chi connectivity index (χ1n) is 4.40. The van der Waals surface area contributed by atoms with Gasteiger partial charge in [-0.15, -0.1) is 0 Å². The molecule has 0 saturated carbocycles. The maximum Gasteiger partial charge on any atom is 0.244 e. The van der Waals surface area contributed by atoms with E-state index in [0.717, 1.165) is 0 Å². The van der Waals surface area contributed by atoms with Crippen LogP contribution in [0.5, 0.6) is 0 Å². The van der Waals surface area contributed by atoms with Gasteiger partial charge in [0, 0.05) is 6.97 Å². The van der Waals surface area contributed by atoms with Crippen LogP contribution in [0.2, 0.25) is 0 Å². The Kier molecular flexibility index (Phi) is 7.91. The van der Waals surface area contributed by atoms with E-state index in [4.69, 9.17) is 0 Å². The van der Waals surface area contributed by atoms with Crippen molar-refractivity contribution < 1.29 is 6.22 Å². The van der Waals surface area contributed by atoms with E-state index in [1.54, 1.807) is 6.08 Å². The van der Waals surface area contributed by atoms with Crippen LogP contribution in [-0.4, -0.2) is 11.4 Å². The molecule has 0 heterocycles. The summed E-state index contributed by atoms with van der Waals surface area (Å²) in [6, 6.07) is 0. The first-order chi connectivity index (χ1) is 5.45. The third-order valence-corrected chi connectivity index (χ3v) is 0.816. The lowest BCUT2D eigenvalue weighted by atomic mass is 10.1. The van der Waals surface area contributed by atoms with Crippen molar-refractivity contribution in [2.45, 2.75) is 47.1 Å². The zero-order valence-electron chi connectivity index (χ0n) is 9.06. The van der Waals surface area contributed by atoms with Gasteiger partial charge in [-0.2, -0.15) is 0 Å². The molecule has 2 nitrogen and oxygen atoms in total. The second-order valence-electron chi connectivity index (χ2n) is 3.24. The van der Waals surface area contributed by atoms with Crippen LogP contribution in [0.15, 0.2) is 12.2 Å². The molecule has 0 saturated heterocycles. The van der Waals surface area contributed by atoms with E-state index in [-0.39, 0.29) is 12.9 Å². The van der Waals surface area contributed by atoms with Crippen LogP contribution < -0.4 is 5.32 Å². The van der Waals surface area contributed by atoms with E-state index in [1.165, 1.54) is 6.08 Å². The van der Waals surface area contributed by atoms with Crippen molar-refractivity contribution in [3.63, 3.8) is 0 Å². The molecule has 0 aromatic rings. The van der Waals surface area contributed by atoms with E-state index in [0.29, 0.717) is 0 Å². The van der Waals surface area contributed by atoms with Crippen molar-refractivity contribution in [2.24, 2.45) is 0 Å². The summed E-state index contributed by atoms with van der Waals surface area (Å²) in [6.07, 6.45) is 3.24. The minimum atomic E-state index is -0.128. The van der Waals surface area contributed by atoms with Gasteiger partial charge in [-0.3, -0.25) is 4.79 Å². The maximum atomic E-state index is 10.9. The molecule has 0 unspecified atom stereocenters. The van der Waals surface area contributed by atoms with Crippen molar-refractivity contribution >= 4 is 5.91 Å². The largest absolute Gasteiger partial charge is 0.348 e. The number of amides is 1. The fourth-order valence-corrected chi connectivity index (χ4v) is 0.563. The highest BCUT2D eigenvalue weighted by molar-refractivity contribution is 5.87. The SMILES string of the molecule is C/C=C/C(=O)NC(C)(C)C.CC.[HH]. The molecular weight excluding hydrogens is 150 g/mol. The Morgan fingerprint density at radius 3 is 2.00 bits per heavy atom. The van der Waals surface area contributed by atoms with Gasteiger partial charge in [-0.25, -0.2) is 0 Å². The van der Waals surface area contributed by atoms with Crippen LogP contribution in [0.1, 0.15) is 43.0 Å². The lowest BCUT2D eigenvalue weighted by Gasteiger charge is -2.18. The fourth-order valence-electron chi connectivity index (χ4n) is 0.563. The maximum absolute atomic E-state index is 10.9. The van der Waals surface area contributed by atoms with Crippen molar-refractivity contribution in [1.29, 1.82) is 0 Å². The lowest BCUT2D eigenvalue weighted by Crippen LogP contribution is -2.39. The third-order valence-electron chi connectivity index (χ3n) is 0.816. The molecule has 0 fully saturated rings. The lowest BCUT2D eigenvalue weighted by molar-refractivity contribution is -0.117. The zero-order valence-corrected chi connectivity index (χ0v) is 9.06. The molecule has 0 aromatic carbocycles. The number of nitrogens with one attached hydrogen (secondary N) is 1. The van der Waals surface area contributed by atoms with Crippen LogP contribution in [0.25, 0.3) is 0 Å². The molecule has 0 aromatic heterocycles. The van der Waals surface area contributed by atoms with Gasteiger partial charge in [0.2, 0.25) is 5.91 Å². The molecule has 0 spiro atoms. The zero-order chi connectivity index (χ0) is 10.2. The van der Waals surface area contributed by atoms with Crippen LogP contribution in [-0.2, 0) is 4.79 Å². The molecule has 0 atom stereocenters. The summed E-state index contributed by atoms with van der Waals surface area (Å²) >= 11 is 0. The number of hydrogen-bond acceptors (Lipinski definition) is 1. The van der Waals surface area contributed by atoms with Crippen LogP contribution >= 0.6 is 0 Å². The highest BCUT2D eigenvalue weighted by atomic mass is 16.1. The van der Waals surface area contributed by atoms with Gasteiger partial charge in [0.25, 0.3) is 0 Å². The fraction of sp³-hybridized carbons (Fsp3) is 0.700. The van der Waals surface area contributed by atoms with Crippen LogP contribution in [0.3, 0.4) is 0 Å². The van der Waals surface area contributed by atoms with Gasteiger partial charge >= 0.3 is 0 Å². The summed E-state index contributed by atoms with van der Waals surface area (Å²) in [5, 5.41) is 2.79. The normalized spacial score (nSPS) is 10.5. The Morgan fingerprint density at radius 1 is 1.33 bits per heavy atom. The second-order valence-corrected chi connectivity index (χ2v) is 3.24. The molecule has 74 valence electrons. The summed E-state index contributed by atoms with van der Waals surface area (Å²) in [7, 11) is 0. The molecule has 0 aliphatic rings. The van der Waals surface area contributed by atoms with E-state index < -0.39 is 0 Å². The minimum Gasteiger partial charge on any atom is -0.348 e. The summed E-state index contributed by atoms with van der Waals surface area (Å²) in [5.41, 5.74) is -0.128. The third kappa shape index (κ3) is 11.9. The van der Waals surface area contributed by atoms with E-state index in [1.807, 2.05) is 41.5 Å². The average molecular weight is 173 g/mol. The molecule has 0 aliphatic carbocycles. The Labute approximate surface area is 77.5 Å². The Morgan fingerprint density at radius 2 is 1.75 bits per heavy atom. The van der Waals surface area contributed by atoms with Gasteiger partial charge in [-0.05, 0) is 33.8 Å². The Bertz CT molecular complexity index is 147. The minimum absolute atomic E-state index is 0. The molecule has 0 aliphatic heterocycles. The van der Waals surface area contributed by atoms with Gasteiger partial charge in [0.15, 0.2) is 0 Å². The second kappa shape index (κ2) is 6.89. The van der Waals surface area contributed by atoms with Crippen molar-refractivity contribution in [3.05, 3.63) is 12.2 Å². The summed E-state index contributed by atoms with van der Waals surface area (Å²) in [4.78, 5) is 10.9. The topological polar surface area (TPSA) is 29.1 Å². The molecule has 1 amide bonds. The Balaban J connectivity index is -0.000000309. The smallest absolute Gasteiger partial charge is 0.244 e. The predicted molar refractivity (Wildman–Crippen MR) is 56.2 cm³/mol. The van der Waals surface area contributed by atoms with E-state index >= 15 is 0 Å². The van der Waals surface area contributed by atoms with Crippen molar-refractivity contribution in [3.8, 4) is 0 Å². The molecule has 1 N–H and O–H groups in total. The monoisotopic (exact) mass is 173 g/mol. The van der Waals surface area contributed by atoms with Gasteiger partial charge in [-0.1, -0.05) is 19.9 Å². The van der Waals surface area contributed by atoms with Crippen LogP contribution in [0, 0.1) is 0 Å². The number of rotatable bonds is 1. The van der Waals surface area contributed by atoms with Crippen LogP contribution in [0.4, 0.5) is 0 Å². The number of carbonyl (C=O) groups excluding carboxylic acids is 1. The molecule has 0 radical (unpaired) electrons. The van der Waals surface area contributed by atoms with Gasteiger partial charge in [0.05, 0.1) is 0 Å². The van der Waals surface area contributed by atoms with Gasteiger partial charge in [0.1, 0.15) is 0 Å². The first kappa shape index (κ1) is 13.8. The standard InChI is InChI=1S/C8H15NO.C2H6.H2/c1-5-6-7(10)9-8(2,3)4;1-2;/h5-6H,1-4H3,(H,9,10);1-2H3;1H/b6-5+;;. The summed E-state index contributed by atoms with van der Waals surface area (Å²) in [5.74, 6) is -0.0324. The quantitative estimate of drug-likeness (QED) is 0.607. The number of hydrogen-bond donors (Lipinski definition) is 1. The van der Waals surface area contributed by atoms with Crippen molar-refractivity contribution in [2.75, 3.05) is 0 Å². The number of carbonyl (C=O) groups is 1. The van der Waals surface area contributed by atoms with E-state index in [2.05, 4.69) is 5.32 Å². The van der Waals surface area contributed by atoms with Gasteiger partial charge < -0.3 is 5.32 Å². The van der Waals surface area contributed by atoms with Crippen molar-refractivity contribution in [1.82, 2.24) is 5.32 Å². The molecule has 2 heteroatoms.